The Morgan fingerprint density at radius 2 is 1.86 bits per heavy atom. The molecule has 0 N–H and O–H groups in total. The van der Waals surface area contributed by atoms with Gasteiger partial charge in [-0.25, -0.2) is 14.2 Å². The summed E-state index contributed by atoms with van der Waals surface area (Å²) in [6.07, 6.45) is 3.45. The third-order valence-corrected chi connectivity index (χ3v) is 6.00. The molecule has 1 aliphatic heterocycles. The second-order valence-electron chi connectivity index (χ2n) is 7.90. The highest BCUT2D eigenvalue weighted by atomic mass is 19.1. The van der Waals surface area contributed by atoms with Crippen LogP contribution < -0.4 is 11.2 Å². The third-order valence-electron chi connectivity index (χ3n) is 6.00. The molecule has 1 unspecified atom stereocenters. The topological polar surface area (TPSA) is 65.1 Å². The summed E-state index contributed by atoms with van der Waals surface area (Å²) in [5, 5.41) is 0. The number of benzene rings is 1. The van der Waals surface area contributed by atoms with E-state index in [0.29, 0.717) is 35.1 Å². The van der Waals surface area contributed by atoms with Crippen LogP contribution >= 0.6 is 0 Å². The number of rotatable bonds is 4. The molecule has 0 amide bonds. The molecule has 2 aromatic heterocycles. The largest absolute Gasteiger partial charge is 0.332 e. The van der Waals surface area contributed by atoms with Gasteiger partial charge in [0.05, 0.1) is 13.1 Å². The van der Waals surface area contributed by atoms with E-state index < -0.39 is 11.2 Å². The fraction of sp³-hybridized carbons (Fsp3) is 0.476. The minimum atomic E-state index is -0.420. The van der Waals surface area contributed by atoms with Crippen molar-refractivity contribution in [3.63, 3.8) is 0 Å². The predicted octanol–water partition coefficient (Wildman–Crippen LogP) is 2.00. The highest BCUT2D eigenvalue weighted by molar-refractivity contribution is 5.71. The number of hydrogen-bond acceptors (Lipinski definition) is 4. The lowest BCUT2D eigenvalue weighted by Crippen LogP contribution is -2.38. The molecule has 3 heterocycles. The zero-order valence-corrected chi connectivity index (χ0v) is 17.1. The van der Waals surface area contributed by atoms with Gasteiger partial charge in [0.25, 0.3) is 5.56 Å². The summed E-state index contributed by atoms with van der Waals surface area (Å²) >= 11 is 0. The van der Waals surface area contributed by atoms with Crippen molar-refractivity contribution in [2.75, 3.05) is 6.54 Å². The number of piperidine rings is 1. The van der Waals surface area contributed by atoms with Gasteiger partial charge in [-0.05, 0) is 32.4 Å². The molecule has 1 saturated heterocycles. The number of nitrogens with zero attached hydrogens (tertiary/aromatic N) is 5. The molecule has 7 nitrogen and oxygen atoms in total. The van der Waals surface area contributed by atoms with E-state index in [9.17, 15) is 14.0 Å². The van der Waals surface area contributed by atoms with Crippen LogP contribution in [-0.2, 0) is 27.2 Å². The molecule has 8 heteroatoms. The summed E-state index contributed by atoms with van der Waals surface area (Å²) in [6, 6.07) is 6.95. The van der Waals surface area contributed by atoms with E-state index in [1.165, 1.54) is 24.1 Å². The minimum Gasteiger partial charge on any atom is -0.316 e. The molecule has 1 aromatic carbocycles. The lowest BCUT2D eigenvalue weighted by molar-refractivity contribution is 0.147. The normalized spacial score (nSPS) is 17.9. The third kappa shape index (κ3) is 3.42. The molecule has 3 aromatic rings. The van der Waals surface area contributed by atoms with Crippen molar-refractivity contribution >= 4 is 11.2 Å². The highest BCUT2D eigenvalue weighted by Crippen LogP contribution is 2.22. The lowest BCUT2D eigenvalue weighted by atomic mass is 10.0. The molecule has 29 heavy (non-hydrogen) atoms. The molecule has 0 spiro atoms. The van der Waals surface area contributed by atoms with E-state index in [1.807, 2.05) is 0 Å². The molecule has 0 saturated carbocycles. The maximum Gasteiger partial charge on any atom is 0.332 e. The molecule has 1 fully saturated rings. The standard InChI is InChI=1S/C21H26FN5O2/c1-14-8-6-7-11-26(14)13-17-23-19-18(20(28)25(3)21(29)24(19)2)27(17)12-15-9-4-5-10-16(15)22/h4-5,9-10,14H,6-8,11-13H2,1-3H3. The van der Waals surface area contributed by atoms with Crippen LogP contribution in [0.1, 0.15) is 37.6 Å². The van der Waals surface area contributed by atoms with Crippen LogP contribution in [0, 0.1) is 5.82 Å². The number of hydrogen-bond donors (Lipinski definition) is 0. The number of imidazole rings is 1. The zero-order valence-electron chi connectivity index (χ0n) is 17.1. The molecule has 1 atom stereocenters. The van der Waals surface area contributed by atoms with Crippen molar-refractivity contribution < 1.29 is 4.39 Å². The molecular weight excluding hydrogens is 373 g/mol. The number of fused-ring (bicyclic) bond motifs is 1. The van der Waals surface area contributed by atoms with Gasteiger partial charge in [0.1, 0.15) is 11.6 Å². The van der Waals surface area contributed by atoms with Gasteiger partial charge < -0.3 is 4.57 Å². The average Bonchev–Trinajstić information content (AvgIpc) is 3.06. The van der Waals surface area contributed by atoms with Crippen LogP contribution in [0.5, 0.6) is 0 Å². The summed E-state index contributed by atoms with van der Waals surface area (Å²) in [7, 11) is 3.06. The SMILES string of the molecule is CC1CCCCN1Cc1nc2c(c(=O)n(C)c(=O)n2C)n1Cc1ccccc1F. The molecular formula is C21H26FN5O2. The first kappa shape index (κ1) is 19.6. The van der Waals surface area contributed by atoms with Crippen molar-refractivity contribution in [1.29, 1.82) is 0 Å². The van der Waals surface area contributed by atoms with Crippen LogP contribution in [0.4, 0.5) is 4.39 Å². The summed E-state index contributed by atoms with van der Waals surface area (Å²) in [5.74, 6) is 0.351. The minimum absolute atomic E-state index is 0.189. The van der Waals surface area contributed by atoms with E-state index in [0.717, 1.165) is 24.0 Å². The summed E-state index contributed by atoms with van der Waals surface area (Å²) in [4.78, 5) is 32.3. The van der Waals surface area contributed by atoms with Crippen molar-refractivity contribution in [2.24, 2.45) is 14.1 Å². The fourth-order valence-electron chi connectivity index (χ4n) is 4.15. The zero-order chi connectivity index (χ0) is 20.7. The van der Waals surface area contributed by atoms with Gasteiger partial charge in [0.2, 0.25) is 0 Å². The van der Waals surface area contributed by atoms with Gasteiger partial charge >= 0.3 is 5.69 Å². The van der Waals surface area contributed by atoms with Gasteiger partial charge in [-0.2, -0.15) is 0 Å². The van der Waals surface area contributed by atoms with E-state index in [-0.39, 0.29) is 12.4 Å². The first-order valence-electron chi connectivity index (χ1n) is 10.0. The number of aryl methyl sites for hydroxylation is 1. The average molecular weight is 399 g/mol. The quantitative estimate of drug-likeness (QED) is 0.673. The Morgan fingerprint density at radius 1 is 1.10 bits per heavy atom. The van der Waals surface area contributed by atoms with Crippen LogP contribution in [0.3, 0.4) is 0 Å². The summed E-state index contributed by atoms with van der Waals surface area (Å²) < 4.78 is 18.6. The van der Waals surface area contributed by atoms with Gasteiger partial charge in [-0.3, -0.25) is 18.8 Å². The fourth-order valence-corrected chi connectivity index (χ4v) is 4.15. The Bertz CT molecular complexity index is 1180. The number of likely N-dealkylation sites (tertiary alicyclic amines) is 1. The summed E-state index contributed by atoms with van der Waals surface area (Å²) in [6.45, 7) is 3.90. The molecule has 154 valence electrons. The second-order valence-corrected chi connectivity index (χ2v) is 7.90. The Morgan fingerprint density at radius 3 is 2.59 bits per heavy atom. The Balaban J connectivity index is 1.90. The van der Waals surface area contributed by atoms with E-state index in [1.54, 1.807) is 29.8 Å². The van der Waals surface area contributed by atoms with Crippen molar-refractivity contribution in [3.8, 4) is 0 Å². The maximum atomic E-state index is 14.4. The molecule has 0 bridgehead atoms. The smallest absolute Gasteiger partial charge is 0.316 e. The van der Waals surface area contributed by atoms with Crippen LogP contribution in [-0.4, -0.2) is 36.2 Å². The van der Waals surface area contributed by atoms with E-state index in [4.69, 9.17) is 0 Å². The first-order chi connectivity index (χ1) is 13.9. The van der Waals surface area contributed by atoms with Crippen molar-refractivity contribution in [2.45, 2.75) is 45.3 Å². The van der Waals surface area contributed by atoms with Gasteiger partial charge in [-0.15, -0.1) is 0 Å². The van der Waals surface area contributed by atoms with Crippen molar-refractivity contribution in [3.05, 3.63) is 62.3 Å². The lowest BCUT2D eigenvalue weighted by Gasteiger charge is -2.33. The van der Waals surface area contributed by atoms with Gasteiger partial charge in [-0.1, -0.05) is 24.6 Å². The maximum absolute atomic E-state index is 14.4. The number of halogens is 1. The van der Waals surface area contributed by atoms with Gasteiger partial charge in [0, 0.05) is 25.7 Å². The molecule has 0 radical (unpaired) electrons. The Hall–Kier alpha value is -2.74. The second kappa shape index (κ2) is 7.59. The first-order valence-corrected chi connectivity index (χ1v) is 10.0. The van der Waals surface area contributed by atoms with Crippen LogP contribution in [0.25, 0.3) is 11.2 Å². The van der Waals surface area contributed by atoms with Crippen LogP contribution in [0.15, 0.2) is 33.9 Å². The van der Waals surface area contributed by atoms with Crippen molar-refractivity contribution in [1.82, 2.24) is 23.6 Å². The molecule has 0 aliphatic carbocycles. The van der Waals surface area contributed by atoms with E-state index in [2.05, 4.69) is 16.8 Å². The molecule has 1 aliphatic rings. The Labute approximate surface area is 168 Å². The monoisotopic (exact) mass is 399 g/mol. The number of aromatic nitrogens is 4. The summed E-state index contributed by atoms with van der Waals surface area (Å²) in [5.41, 5.74) is 0.322. The van der Waals surface area contributed by atoms with Crippen LogP contribution in [0.2, 0.25) is 0 Å². The predicted molar refractivity (Wildman–Crippen MR) is 109 cm³/mol. The highest BCUT2D eigenvalue weighted by Gasteiger charge is 2.24. The van der Waals surface area contributed by atoms with E-state index >= 15 is 0 Å². The molecule has 4 rings (SSSR count). The van der Waals surface area contributed by atoms with Gasteiger partial charge in [0.15, 0.2) is 11.2 Å². The Kier molecular flexibility index (Phi) is 5.12.